The molecule has 6 heteroatoms. The van der Waals surface area contributed by atoms with E-state index in [2.05, 4.69) is 17.1 Å². The molecule has 0 saturated carbocycles. The first-order valence-corrected chi connectivity index (χ1v) is 6.41. The summed E-state index contributed by atoms with van der Waals surface area (Å²) in [5, 5.41) is 12.5. The summed E-state index contributed by atoms with van der Waals surface area (Å²) in [6, 6.07) is 0. The fraction of sp³-hybridized carbons (Fsp3) is 0.700. The Morgan fingerprint density at radius 1 is 1.62 bits per heavy atom. The smallest absolute Gasteiger partial charge is 0.307 e. The number of carbonyl (C=O) groups is 1. The van der Waals surface area contributed by atoms with Gasteiger partial charge in [0, 0.05) is 12.2 Å². The zero-order chi connectivity index (χ0) is 12.0. The third kappa shape index (κ3) is 4.22. The van der Waals surface area contributed by atoms with Crippen LogP contribution in [0, 0.1) is 5.92 Å². The molecule has 1 heterocycles. The molecule has 0 radical (unpaired) electrons. The van der Waals surface area contributed by atoms with Crippen molar-refractivity contribution in [2.45, 2.75) is 32.4 Å². The molecule has 1 atom stereocenters. The molecule has 1 aromatic rings. The Kier molecular flexibility index (Phi) is 5.31. The lowest BCUT2D eigenvalue weighted by atomic mass is 10.2. The SMILES string of the molecule is CCCc1noc(CSCC(C)C(=O)O)n1. The third-order valence-electron chi connectivity index (χ3n) is 2.00. The van der Waals surface area contributed by atoms with E-state index in [0.29, 0.717) is 17.4 Å². The highest BCUT2D eigenvalue weighted by atomic mass is 32.2. The standard InChI is InChI=1S/C10H16N2O3S/c1-3-4-8-11-9(15-12-8)6-16-5-7(2)10(13)14/h7H,3-6H2,1-2H3,(H,13,14). The van der Waals surface area contributed by atoms with Crippen molar-refractivity contribution >= 4 is 17.7 Å². The summed E-state index contributed by atoms with van der Waals surface area (Å²) >= 11 is 1.50. The van der Waals surface area contributed by atoms with Crippen LogP contribution in [0.1, 0.15) is 32.0 Å². The van der Waals surface area contributed by atoms with Crippen molar-refractivity contribution < 1.29 is 14.4 Å². The van der Waals surface area contributed by atoms with Crippen LogP contribution in [0.2, 0.25) is 0 Å². The summed E-state index contributed by atoms with van der Waals surface area (Å²) in [7, 11) is 0. The number of aliphatic carboxylic acids is 1. The molecule has 0 bridgehead atoms. The zero-order valence-corrected chi connectivity index (χ0v) is 10.3. The lowest BCUT2D eigenvalue weighted by molar-refractivity contribution is -0.140. The molecular formula is C10H16N2O3S. The van der Waals surface area contributed by atoms with Crippen LogP contribution in [0.15, 0.2) is 4.52 Å². The summed E-state index contributed by atoms with van der Waals surface area (Å²) in [6.07, 6.45) is 1.81. The third-order valence-corrected chi connectivity index (χ3v) is 3.19. The van der Waals surface area contributed by atoms with Crippen LogP contribution in [0.25, 0.3) is 0 Å². The maximum atomic E-state index is 10.6. The summed E-state index contributed by atoms with van der Waals surface area (Å²) < 4.78 is 5.03. The molecule has 16 heavy (non-hydrogen) atoms. The van der Waals surface area contributed by atoms with Gasteiger partial charge >= 0.3 is 5.97 Å². The van der Waals surface area contributed by atoms with E-state index in [0.717, 1.165) is 18.7 Å². The number of carboxylic acids is 1. The maximum absolute atomic E-state index is 10.6. The van der Waals surface area contributed by atoms with E-state index in [1.165, 1.54) is 11.8 Å². The van der Waals surface area contributed by atoms with E-state index < -0.39 is 5.97 Å². The highest BCUT2D eigenvalue weighted by Gasteiger charge is 2.12. The summed E-state index contributed by atoms with van der Waals surface area (Å²) in [4.78, 5) is 14.8. The molecule has 1 unspecified atom stereocenters. The topological polar surface area (TPSA) is 76.2 Å². The molecule has 0 aromatic carbocycles. The monoisotopic (exact) mass is 244 g/mol. The Morgan fingerprint density at radius 2 is 2.38 bits per heavy atom. The lowest BCUT2D eigenvalue weighted by Crippen LogP contribution is -2.11. The predicted octanol–water partition coefficient (Wildman–Crippen LogP) is 1.98. The van der Waals surface area contributed by atoms with Crippen LogP contribution in [0.4, 0.5) is 0 Å². The van der Waals surface area contributed by atoms with Crippen LogP contribution in [0.3, 0.4) is 0 Å². The number of aryl methyl sites for hydroxylation is 1. The molecule has 0 spiro atoms. The van der Waals surface area contributed by atoms with Gasteiger partial charge in [-0.1, -0.05) is 19.0 Å². The Bertz CT molecular complexity index is 341. The molecule has 0 aliphatic heterocycles. The zero-order valence-electron chi connectivity index (χ0n) is 9.47. The second-order valence-electron chi connectivity index (χ2n) is 3.61. The summed E-state index contributed by atoms with van der Waals surface area (Å²) in [5.41, 5.74) is 0. The normalized spacial score (nSPS) is 12.6. The van der Waals surface area contributed by atoms with Gasteiger partial charge in [0.1, 0.15) is 0 Å². The molecule has 5 nitrogen and oxygen atoms in total. The fourth-order valence-corrected chi connectivity index (χ4v) is 1.97. The van der Waals surface area contributed by atoms with Gasteiger partial charge in [0.25, 0.3) is 0 Å². The molecule has 90 valence electrons. The Labute approximate surface area is 98.6 Å². The van der Waals surface area contributed by atoms with Crippen LogP contribution in [-0.2, 0) is 17.0 Å². The lowest BCUT2D eigenvalue weighted by Gasteiger charge is -2.02. The van der Waals surface area contributed by atoms with E-state index in [9.17, 15) is 4.79 Å². The molecule has 0 fully saturated rings. The first-order chi connectivity index (χ1) is 7.63. The maximum Gasteiger partial charge on any atom is 0.307 e. The highest BCUT2D eigenvalue weighted by molar-refractivity contribution is 7.98. The minimum absolute atomic E-state index is 0.344. The molecule has 1 N–H and O–H groups in total. The molecule has 1 aromatic heterocycles. The van der Waals surface area contributed by atoms with Crippen LogP contribution in [0.5, 0.6) is 0 Å². The van der Waals surface area contributed by atoms with Crippen molar-refractivity contribution in [1.29, 1.82) is 0 Å². The van der Waals surface area contributed by atoms with Gasteiger partial charge in [-0.3, -0.25) is 4.79 Å². The van der Waals surface area contributed by atoms with Crippen LogP contribution >= 0.6 is 11.8 Å². The van der Waals surface area contributed by atoms with Gasteiger partial charge in [0.15, 0.2) is 5.82 Å². The van der Waals surface area contributed by atoms with Crippen LogP contribution in [-0.4, -0.2) is 27.0 Å². The summed E-state index contributed by atoms with van der Waals surface area (Å²) in [6.45, 7) is 3.74. The first-order valence-electron chi connectivity index (χ1n) is 5.25. The van der Waals surface area contributed by atoms with Gasteiger partial charge in [-0.2, -0.15) is 16.7 Å². The van der Waals surface area contributed by atoms with Crippen molar-refractivity contribution in [3.8, 4) is 0 Å². The number of hydrogen-bond donors (Lipinski definition) is 1. The molecule has 0 aliphatic rings. The minimum atomic E-state index is -0.773. The Balaban J connectivity index is 2.29. The van der Waals surface area contributed by atoms with E-state index in [1.54, 1.807) is 6.92 Å². The first kappa shape index (κ1) is 13.0. The van der Waals surface area contributed by atoms with E-state index >= 15 is 0 Å². The number of rotatable bonds is 7. The number of carboxylic acid groups (broad SMARTS) is 1. The summed E-state index contributed by atoms with van der Waals surface area (Å²) in [5.74, 6) is 1.32. The molecule has 0 aliphatic carbocycles. The quantitative estimate of drug-likeness (QED) is 0.790. The molecular weight excluding hydrogens is 228 g/mol. The van der Waals surface area contributed by atoms with Crippen molar-refractivity contribution in [2.24, 2.45) is 5.92 Å². The van der Waals surface area contributed by atoms with Gasteiger partial charge in [-0.15, -0.1) is 0 Å². The van der Waals surface area contributed by atoms with Gasteiger partial charge < -0.3 is 9.63 Å². The van der Waals surface area contributed by atoms with Gasteiger partial charge in [0.2, 0.25) is 5.89 Å². The molecule has 0 saturated heterocycles. The van der Waals surface area contributed by atoms with Crippen molar-refractivity contribution in [2.75, 3.05) is 5.75 Å². The van der Waals surface area contributed by atoms with E-state index in [-0.39, 0.29) is 5.92 Å². The second kappa shape index (κ2) is 6.52. The number of thioether (sulfide) groups is 1. The fourth-order valence-electron chi connectivity index (χ4n) is 1.07. The molecule has 0 amide bonds. The number of aromatic nitrogens is 2. The average Bonchev–Trinajstić information content (AvgIpc) is 2.66. The van der Waals surface area contributed by atoms with Crippen molar-refractivity contribution in [1.82, 2.24) is 10.1 Å². The van der Waals surface area contributed by atoms with Crippen molar-refractivity contribution in [3.05, 3.63) is 11.7 Å². The van der Waals surface area contributed by atoms with Gasteiger partial charge in [-0.25, -0.2) is 0 Å². The van der Waals surface area contributed by atoms with E-state index in [4.69, 9.17) is 9.63 Å². The predicted molar refractivity (Wildman–Crippen MR) is 61.3 cm³/mol. The number of hydrogen-bond acceptors (Lipinski definition) is 5. The Morgan fingerprint density at radius 3 is 3.00 bits per heavy atom. The van der Waals surface area contributed by atoms with Crippen molar-refractivity contribution in [3.63, 3.8) is 0 Å². The highest BCUT2D eigenvalue weighted by Crippen LogP contribution is 2.14. The number of nitrogens with zero attached hydrogens (tertiary/aromatic N) is 2. The minimum Gasteiger partial charge on any atom is -0.481 e. The Hall–Kier alpha value is -1.04. The average molecular weight is 244 g/mol. The van der Waals surface area contributed by atoms with E-state index in [1.807, 2.05) is 0 Å². The molecule has 1 rings (SSSR count). The largest absolute Gasteiger partial charge is 0.481 e. The second-order valence-corrected chi connectivity index (χ2v) is 4.64. The van der Waals surface area contributed by atoms with Gasteiger partial charge in [0.05, 0.1) is 11.7 Å². The van der Waals surface area contributed by atoms with Crippen LogP contribution < -0.4 is 0 Å². The van der Waals surface area contributed by atoms with Gasteiger partial charge in [-0.05, 0) is 6.42 Å².